The minimum Gasteiger partial charge on any atom is -0.490 e. The summed E-state index contributed by atoms with van der Waals surface area (Å²) >= 11 is 0. The fourth-order valence-corrected chi connectivity index (χ4v) is 2.68. The molecule has 0 aliphatic heterocycles. The lowest BCUT2D eigenvalue weighted by molar-refractivity contribution is 0.101. The molecule has 2 N–H and O–H groups in total. The van der Waals surface area contributed by atoms with Gasteiger partial charge in [0.05, 0.1) is 12.2 Å². The smallest absolute Gasteiger partial charge is 0.259 e. The zero-order valence-corrected chi connectivity index (χ0v) is 16.1. The molecule has 0 aliphatic carbocycles. The van der Waals surface area contributed by atoms with Gasteiger partial charge in [0.1, 0.15) is 12.4 Å². The second-order valence-corrected chi connectivity index (χ2v) is 6.19. The van der Waals surface area contributed by atoms with E-state index in [1.54, 1.807) is 55.6 Å². The normalized spacial score (nSPS) is 10.2. The minimum atomic E-state index is -0.321. The second kappa shape index (κ2) is 10.1. The van der Waals surface area contributed by atoms with Crippen molar-refractivity contribution in [1.29, 1.82) is 0 Å². The van der Waals surface area contributed by atoms with E-state index < -0.39 is 0 Å². The molecule has 0 atom stereocenters. The Hall–Kier alpha value is -3.64. The van der Waals surface area contributed by atoms with Crippen molar-refractivity contribution in [2.75, 3.05) is 31.0 Å². The summed E-state index contributed by atoms with van der Waals surface area (Å²) in [4.78, 5) is 25.2. The zero-order chi connectivity index (χ0) is 20.5. The highest BCUT2D eigenvalue weighted by Gasteiger charge is 2.13. The number of benzene rings is 3. The van der Waals surface area contributed by atoms with Gasteiger partial charge < -0.3 is 20.1 Å². The van der Waals surface area contributed by atoms with Crippen LogP contribution in [0.4, 0.5) is 11.4 Å². The summed E-state index contributed by atoms with van der Waals surface area (Å²) in [6.07, 6.45) is 0. The van der Waals surface area contributed by atoms with Crippen LogP contribution in [0.25, 0.3) is 0 Å². The van der Waals surface area contributed by atoms with Crippen molar-refractivity contribution in [2.24, 2.45) is 0 Å². The third kappa shape index (κ3) is 5.67. The Morgan fingerprint density at radius 1 is 0.759 bits per heavy atom. The molecule has 0 saturated carbocycles. The average molecular weight is 390 g/mol. The number of para-hydroxylation sites is 2. The fourth-order valence-electron chi connectivity index (χ4n) is 2.68. The zero-order valence-electron chi connectivity index (χ0n) is 16.1. The average Bonchev–Trinajstić information content (AvgIpc) is 2.75. The van der Waals surface area contributed by atoms with Crippen molar-refractivity contribution in [2.45, 2.75) is 0 Å². The highest BCUT2D eigenvalue weighted by atomic mass is 16.5. The minimum absolute atomic E-state index is 0.254. The maximum atomic E-state index is 12.7. The molecule has 148 valence electrons. The number of methoxy groups -OCH3 is 1. The number of hydrogen-bond acceptors (Lipinski definition) is 4. The van der Waals surface area contributed by atoms with Crippen molar-refractivity contribution in [3.63, 3.8) is 0 Å². The van der Waals surface area contributed by atoms with Crippen molar-refractivity contribution < 1.29 is 19.1 Å². The Labute approximate surface area is 169 Å². The van der Waals surface area contributed by atoms with Gasteiger partial charge in [0, 0.05) is 24.0 Å². The van der Waals surface area contributed by atoms with Crippen LogP contribution >= 0.6 is 0 Å². The number of carbonyl (C=O) groups is 2. The van der Waals surface area contributed by atoms with Crippen molar-refractivity contribution >= 4 is 23.2 Å². The molecule has 0 spiro atoms. The van der Waals surface area contributed by atoms with Crippen molar-refractivity contribution in [3.8, 4) is 5.75 Å². The number of anilines is 2. The number of hydrogen-bond donors (Lipinski definition) is 2. The molecule has 3 aromatic carbocycles. The Morgan fingerprint density at radius 3 is 2.24 bits per heavy atom. The number of rotatable bonds is 8. The number of ether oxygens (including phenoxy) is 2. The van der Waals surface area contributed by atoms with Gasteiger partial charge in [-0.05, 0) is 42.5 Å². The van der Waals surface area contributed by atoms with Gasteiger partial charge in [0.2, 0.25) is 0 Å². The summed E-state index contributed by atoms with van der Waals surface area (Å²) in [5.74, 6) is -0.103. The van der Waals surface area contributed by atoms with Gasteiger partial charge >= 0.3 is 0 Å². The predicted octanol–water partition coefficient (Wildman–Crippen LogP) is 4.22. The van der Waals surface area contributed by atoms with Gasteiger partial charge in [0.15, 0.2) is 0 Å². The van der Waals surface area contributed by atoms with E-state index in [9.17, 15) is 9.59 Å². The van der Waals surface area contributed by atoms with Gasteiger partial charge in [-0.2, -0.15) is 0 Å². The van der Waals surface area contributed by atoms with Crippen LogP contribution in [-0.2, 0) is 4.74 Å². The van der Waals surface area contributed by atoms with E-state index in [0.29, 0.717) is 41.5 Å². The summed E-state index contributed by atoms with van der Waals surface area (Å²) in [6, 6.07) is 22.9. The third-order valence-electron chi connectivity index (χ3n) is 4.09. The summed E-state index contributed by atoms with van der Waals surface area (Å²) in [5, 5.41) is 5.64. The van der Waals surface area contributed by atoms with E-state index in [-0.39, 0.29) is 11.8 Å². The number of carbonyl (C=O) groups excluding carboxylic acids is 2. The third-order valence-corrected chi connectivity index (χ3v) is 4.09. The highest BCUT2D eigenvalue weighted by molar-refractivity contribution is 6.08. The first-order chi connectivity index (χ1) is 14.2. The molecule has 6 heteroatoms. The molecule has 3 aromatic rings. The van der Waals surface area contributed by atoms with E-state index in [0.717, 1.165) is 0 Å². The lowest BCUT2D eigenvalue weighted by Gasteiger charge is -2.12. The SMILES string of the molecule is COCCOc1ccccc1C(=O)Nc1cccc(C(=O)Nc2ccccc2)c1. The first-order valence-corrected chi connectivity index (χ1v) is 9.16. The molecule has 0 heterocycles. The Kier molecular flexibility index (Phi) is 6.97. The van der Waals surface area contributed by atoms with Crippen LogP contribution in [0.3, 0.4) is 0 Å². The molecule has 0 radical (unpaired) electrons. The number of amides is 2. The molecule has 0 fully saturated rings. The van der Waals surface area contributed by atoms with Crippen LogP contribution in [0.1, 0.15) is 20.7 Å². The van der Waals surface area contributed by atoms with Crippen molar-refractivity contribution in [3.05, 3.63) is 90.0 Å². The summed E-state index contributed by atoms with van der Waals surface area (Å²) in [5.41, 5.74) is 2.07. The maximum absolute atomic E-state index is 12.7. The summed E-state index contributed by atoms with van der Waals surface area (Å²) in [7, 11) is 1.59. The van der Waals surface area contributed by atoms with Gasteiger partial charge in [-0.25, -0.2) is 0 Å². The van der Waals surface area contributed by atoms with Gasteiger partial charge in [0.25, 0.3) is 11.8 Å². The fraction of sp³-hybridized carbons (Fsp3) is 0.130. The molecule has 0 saturated heterocycles. The molecule has 0 bridgehead atoms. The van der Waals surface area contributed by atoms with Crippen LogP contribution in [0.15, 0.2) is 78.9 Å². The quantitative estimate of drug-likeness (QED) is 0.565. The van der Waals surface area contributed by atoms with E-state index in [1.165, 1.54) is 0 Å². The molecular weight excluding hydrogens is 368 g/mol. The van der Waals surface area contributed by atoms with Gasteiger partial charge in [-0.1, -0.05) is 36.4 Å². The Bertz CT molecular complexity index is 973. The molecule has 0 unspecified atom stereocenters. The van der Waals surface area contributed by atoms with E-state index in [2.05, 4.69) is 10.6 Å². The molecule has 29 heavy (non-hydrogen) atoms. The lowest BCUT2D eigenvalue weighted by atomic mass is 10.1. The first kappa shape index (κ1) is 20.1. The van der Waals surface area contributed by atoms with Crippen LogP contribution in [0, 0.1) is 0 Å². The summed E-state index contributed by atoms with van der Waals surface area (Å²) < 4.78 is 10.6. The molecule has 3 rings (SSSR count). The molecule has 0 aromatic heterocycles. The van der Waals surface area contributed by atoms with E-state index in [4.69, 9.17) is 9.47 Å². The highest BCUT2D eigenvalue weighted by Crippen LogP contribution is 2.20. The maximum Gasteiger partial charge on any atom is 0.259 e. The van der Waals surface area contributed by atoms with Gasteiger partial charge in [-0.15, -0.1) is 0 Å². The van der Waals surface area contributed by atoms with Gasteiger partial charge in [-0.3, -0.25) is 9.59 Å². The van der Waals surface area contributed by atoms with E-state index in [1.807, 2.05) is 30.3 Å². The van der Waals surface area contributed by atoms with Crippen LogP contribution in [0.2, 0.25) is 0 Å². The molecule has 2 amide bonds. The molecular formula is C23H22N2O4. The predicted molar refractivity (Wildman–Crippen MR) is 113 cm³/mol. The van der Waals surface area contributed by atoms with Crippen LogP contribution < -0.4 is 15.4 Å². The van der Waals surface area contributed by atoms with Crippen LogP contribution in [0.5, 0.6) is 5.75 Å². The molecule has 0 aliphatic rings. The first-order valence-electron chi connectivity index (χ1n) is 9.16. The monoisotopic (exact) mass is 390 g/mol. The molecule has 6 nitrogen and oxygen atoms in total. The van der Waals surface area contributed by atoms with Crippen molar-refractivity contribution in [1.82, 2.24) is 0 Å². The number of nitrogens with one attached hydrogen (secondary N) is 2. The standard InChI is InChI=1S/C23H22N2O4/c1-28-14-15-29-21-13-6-5-12-20(21)23(27)25-19-11-7-8-17(16-19)22(26)24-18-9-3-2-4-10-18/h2-13,16H,14-15H2,1H3,(H,24,26)(H,25,27). The Balaban J connectivity index is 1.70. The largest absolute Gasteiger partial charge is 0.490 e. The van der Waals surface area contributed by atoms with E-state index >= 15 is 0 Å². The topological polar surface area (TPSA) is 76.7 Å². The summed E-state index contributed by atoms with van der Waals surface area (Å²) in [6.45, 7) is 0.768. The van der Waals surface area contributed by atoms with Crippen LogP contribution in [-0.4, -0.2) is 32.1 Å². The lowest BCUT2D eigenvalue weighted by Crippen LogP contribution is -2.16. The Morgan fingerprint density at radius 2 is 1.45 bits per heavy atom. The second-order valence-electron chi connectivity index (χ2n) is 6.19.